The Hall–Kier alpha value is -7.17. The minimum Gasteiger partial charge on any atom is -0.457 e. The molecule has 302 valence electrons. The number of para-hydroxylation sites is 2. The van der Waals surface area contributed by atoms with Crippen LogP contribution in [-0.2, 0) is 5.41 Å². The highest BCUT2D eigenvalue weighted by atomic mass is 16.5. The van der Waals surface area contributed by atoms with E-state index in [1.807, 2.05) is 6.07 Å². The van der Waals surface area contributed by atoms with E-state index in [9.17, 15) is 0 Å². The average molecular weight is 804 g/mol. The first kappa shape index (κ1) is 39.0. The van der Waals surface area contributed by atoms with Gasteiger partial charge in [0.25, 0.3) is 0 Å². The van der Waals surface area contributed by atoms with E-state index in [1.54, 1.807) is 0 Å². The summed E-state index contributed by atoms with van der Waals surface area (Å²) in [5.74, 6) is 2.80. The molecule has 8 aromatic rings. The normalized spacial score (nSPS) is 14.6. The maximum Gasteiger partial charge on any atom is 0.155 e. The number of hydrogen-bond donors (Lipinski definition) is 0. The van der Waals surface area contributed by atoms with Gasteiger partial charge in [-0.1, -0.05) is 178 Å². The Bertz CT molecular complexity index is 2950. The molecule has 0 saturated heterocycles. The van der Waals surface area contributed by atoms with Gasteiger partial charge in [0.1, 0.15) is 11.5 Å². The lowest BCUT2D eigenvalue weighted by atomic mass is 9.66. The lowest BCUT2D eigenvalue weighted by Crippen LogP contribution is -2.32. The fourth-order valence-electron chi connectivity index (χ4n) is 9.77. The molecule has 0 N–H and O–H groups in total. The number of pyridine rings is 1. The van der Waals surface area contributed by atoms with E-state index in [0.29, 0.717) is 0 Å². The first-order chi connectivity index (χ1) is 30.3. The van der Waals surface area contributed by atoms with Crippen LogP contribution in [-0.4, -0.2) is 16.5 Å². The third-order valence-corrected chi connectivity index (χ3v) is 12.9. The average Bonchev–Trinajstić information content (AvgIpc) is 3.61. The predicted octanol–water partition coefficient (Wildman–Crippen LogP) is 14.5. The van der Waals surface area contributed by atoms with Crippen LogP contribution < -0.4 is 4.74 Å². The Morgan fingerprint density at radius 1 is 0.565 bits per heavy atom. The summed E-state index contributed by atoms with van der Waals surface area (Å²) < 4.78 is 6.58. The lowest BCUT2D eigenvalue weighted by molar-refractivity contribution is 0.436. The van der Waals surface area contributed by atoms with E-state index in [4.69, 9.17) is 14.7 Å². The number of fused-ring (bicyclic) bond motifs is 9. The highest BCUT2D eigenvalue weighted by Gasteiger charge is 2.51. The van der Waals surface area contributed by atoms with Crippen LogP contribution in [0.4, 0.5) is 0 Å². The van der Waals surface area contributed by atoms with Gasteiger partial charge in [0.15, 0.2) is 5.84 Å². The van der Waals surface area contributed by atoms with Gasteiger partial charge in [0.2, 0.25) is 0 Å². The molecule has 4 nitrogen and oxygen atoms in total. The Balaban J connectivity index is 1.09. The first-order valence-electron chi connectivity index (χ1n) is 21.8. The molecule has 2 atom stereocenters. The monoisotopic (exact) mass is 803 g/mol. The summed E-state index contributed by atoms with van der Waals surface area (Å²) in [5.41, 5.74) is 17.8. The smallest absolute Gasteiger partial charge is 0.155 e. The number of amidine groups is 1. The fraction of sp³-hybridized carbons (Fsp3) is 0.155. The van der Waals surface area contributed by atoms with Gasteiger partial charge in [-0.15, -0.1) is 0 Å². The molecule has 1 spiro atoms. The molecule has 62 heavy (non-hydrogen) atoms. The molecular weight excluding hydrogens is 755 g/mol. The van der Waals surface area contributed by atoms with Gasteiger partial charge < -0.3 is 4.74 Å². The molecule has 0 saturated carbocycles. The van der Waals surface area contributed by atoms with Gasteiger partial charge in [-0.3, -0.25) is 9.98 Å². The maximum absolute atomic E-state index is 6.58. The van der Waals surface area contributed by atoms with Gasteiger partial charge in [-0.2, -0.15) is 0 Å². The molecule has 0 fully saturated rings. The number of aliphatic imine (C=N–C) groups is 2. The molecule has 7 aromatic carbocycles. The van der Waals surface area contributed by atoms with Gasteiger partial charge in [-0.25, -0.2) is 4.99 Å². The molecule has 0 radical (unpaired) electrons. The summed E-state index contributed by atoms with van der Waals surface area (Å²) in [4.78, 5) is 15.5. The van der Waals surface area contributed by atoms with Gasteiger partial charge in [0, 0.05) is 33.8 Å². The zero-order valence-electron chi connectivity index (χ0n) is 35.9. The highest BCUT2D eigenvalue weighted by molar-refractivity contribution is 6.11. The summed E-state index contributed by atoms with van der Waals surface area (Å²) in [6.45, 7) is 10.7. The number of hydrogen-bond acceptors (Lipinski definition) is 3. The van der Waals surface area contributed by atoms with Crippen LogP contribution in [0.2, 0.25) is 0 Å². The molecule has 10 rings (SSSR count). The summed E-state index contributed by atoms with van der Waals surface area (Å²) in [5, 5.41) is 0. The van der Waals surface area contributed by atoms with E-state index in [-0.39, 0.29) is 12.0 Å². The van der Waals surface area contributed by atoms with Crippen molar-refractivity contribution < 1.29 is 4.74 Å². The van der Waals surface area contributed by atoms with Crippen molar-refractivity contribution in [2.24, 2.45) is 15.9 Å². The molecule has 1 aromatic heterocycles. The molecule has 2 aliphatic rings. The molecule has 2 heterocycles. The van der Waals surface area contributed by atoms with Gasteiger partial charge in [0.05, 0.1) is 11.5 Å². The van der Waals surface area contributed by atoms with E-state index in [2.05, 4.69) is 216 Å². The summed E-state index contributed by atoms with van der Waals surface area (Å²) in [6.07, 6.45) is 0.982. The zero-order valence-corrected chi connectivity index (χ0v) is 35.9. The zero-order chi connectivity index (χ0) is 42.4. The number of benzene rings is 7. The van der Waals surface area contributed by atoms with Crippen LogP contribution >= 0.6 is 0 Å². The van der Waals surface area contributed by atoms with Crippen LogP contribution in [0.3, 0.4) is 0 Å². The van der Waals surface area contributed by atoms with Crippen molar-refractivity contribution in [1.29, 1.82) is 0 Å². The van der Waals surface area contributed by atoms with Crippen LogP contribution in [0, 0.1) is 19.8 Å². The van der Waals surface area contributed by atoms with E-state index >= 15 is 0 Å². The summed E-state index contributed by atoms with van der Waals surface area (Å²) in [7, 11) is 0. The van der Waals surface area contributed by atoms with Crippen molar-refractivity contribution in [2.45, 2.75) is 52.5 Å². The number of aromatic nitrogens is 1. The summed E-state index contributed by atoms with van der Waals surface area (Å²) in [6, 6.07) is 65.2. The Kier molecular flexibility index (Phi) is 10.1. The first-order valence-corrected chi connectivity index (χ1v) is 21.8. The van der Waals surface area contributed by atoms with E-state index < -0.39 is 5.41 Å². The maximum atomic E-state index is 6.58. The van der Waals surface area contributed by atoms with Crippen LogP contribution in [0.15, 0.2) is 192 Å². The molecule has 0 amide bonds. The molecule has 0 bridgehead atoms. The number of aryl methyl sites for hydroxylation is 2. The quantitative estimate of drug-likeness (QED) is 0.113. The molecule has 4 heteroatoms. The Morgan fingerprint density at radius 2 is 1.13 bits per heavy atom. The van der Waals surface area contributed by atoms with E-state index in [1.165, 1.54) is 44.5 Å². The second-order valence-corrected chi connectivity index (χ2v) is 16.8. The topological polar surface area (TPSA) is 46.8 Å². The second kappa shape index (κ2) is 16.0. The largest absolute Gasteiger partial charge is 0.457 e. The second-order valence-electron chi connectivity index (χ2n) is 16.8. The van der Waals surface area contributed by atoms with Crippen molar-refractivity contribution in [2.75, 3.05) is 0 Å². The summed E-state index contributed by atoms with van der Waals surface area (Å²) >= 11 is 0. The van der Waals surface area contributed by atoms with Crippen molar-refractivity contribution in [3.63, 3.8) is 0 Å². The van der Waals surface area contributed by atoms with Gasteiger partial charge >= 0.3 is 0 Å². The van der Waals surface area contributed by atoms with Crippen LogP contribution in [0.25, 0.3) is 33.4 Å². The Labute approximate surface area is 365 Å². The van der Waals surface area contributed by atoms with Crippen LogP contribution in [0.5, 0.6) is 11.5 Å². The van der Waals surface area contributed by atoms with Crippen molar-refractivity contribution in [1.82, 2.24) is 4.98 Å². The van der Waals surface area contributed by atoms with E-state index in [0.717, 1.165) is 68.7 Å². The highest BCUT2D eigenvalue weighted by Crippen LogP contribution is 2.63. The minimum absolute atomic E-state index is 0.0905. The third kappa shape index (κ3) is 6.67. The number of nitrogens with zero attached hydrogens (tertiary/aromatic N) is 3. The molecule has 1 aliphatic carbocycles. The fourth-order valence-corrected chi connectivity index (χ4v) is 9.77. The number of rotatable bonds is 8. The predicted molar refractivity (Wildman–Crippen MR) is 256 cm³/mol. The molecule has 2 unspecified atom stereocenters. The third-order valence-electron chi connectivity index (χ3n) is 12.9. The van der Waals surface area contributed by atoms with Crippen molar-refractivity contribution >= 4 is 11.5 Å². The van der Waals surface area contributed by atoms with Crippen LogP contribution in [0.1, 0.15) is 83.6 Å². The van der Waals surface area contributed by atoms with Gasteiger partial charge in [-0.05, 0) is 107 Å². The lowest BCUT2D eigenvalue weighted by Gasteiger charge is -2.39. The minimum atomic E-state index is -0.518. The van der Waals surface area contributed by atoms with Crippen molar-refractivity contribution in [3.8, 4) is 44.9 Å². The standard InChI is InChI=1S/C58H49N3O/c1-6-37(2)56(44-31-27-42(28-32-44)46-35-38(3)59-39(4)36-46)61-57(60-40(5)41-17-8-7-9-18-41)45-33-29-43(30-34-45)47-20-16-24-52-55(47)48-19-10-11-21-49(48)58(52)50-22-12-14-25-53(50)62-54-26-15-13-23-51(54)58/h7-37,56H,6H2,1-5H3. The molecular formula is C58H49N3O. The SMILES string of the molecule is CCC(C)C(N=C(N=C(C)c1ccccc1)c1ccc(-c2cccc3c2-c2ccccc2C32c3ccccc3Oc3ccccc32)cc1)c1ccc(-c2cc(C)nc(C)c2)cc1. The number of ether oxygens (including phenoxy) is 1. The van der Waals surface area contributed by atoms with Crippen molar-refractivity contribution in [3.05, 3.63) is 232 Å². The molecule has 1 aliphatic heterocycles. The Morgan fingerprint density at radius 3 is 1.79 bits per heavy atom.